The maximum absolute atomic E-state index is 12.6. The van der Waals surface area contributed by atoms with Crippen LogP contribution in [0.25, 0.3) is 0 Å². The molecule has 20 heavy (non-hydrogen) atoms. The third kappa shape index (κ3) is 3.88. The van der Waals surface area contributed by atoms with Gasteiger partial charge < -0.3 is 9.32 Å². The van der Waals surface area contributed by atoms with Crippen molar-refractivity contribution in [3.05, 3.63) is 60.1 Å². The van der Waals surface area contributed by atoms with Gasteiger partial charge in [0.1, 0.15) is 6.54 Å². The summed E-state index contributed by atoms with van der Waals surface area (Å²) in [7, 11) is 0. The van der Waals surface area contributed by atoms with Gasteiger partial charge in [-0.1, -0.05) is 30.3 Å². The van der Waals surface area contributed by atoms with Crippen molar-refractivity contribution in [2.45, 2.75) is 12.7 Å². The number of hydrogen-bond donors (Lipinski definition) is 0. The van der Waals surface area contributed by atoms with Gasteiger partial charge in [0.25, 0.3) is 5.91 Å². The Morgan fingerprint density at radius 3 is 2.35 bits per heavy atom. The second kappa shape index (κ2) is 5.81. The summed E-state index contributed by atoms with van der Waals surface area (Å²) in [5.41, 5.74) is 0.622. The molecule has 0 saturated heterocycles. The first-order valence-electron chi connectivity index (χ1n) is 5.89. The van der Waals surface area contributed by atoms with E-state index in [1.54, 1.807) is 30.3 Å². The van der Waals surface area contributed by atoms with Gasteiger partial charge in [0.15, 0.2) is 5.76 Å². The first kappa shape index (κ1) is 14.2. The number of carbonyl (C=O) groups excluding carboxylic acids is 1. The molecular weight excluding hydrogens is 271 g/mol. The monoisotopic (exact) mass is 283 g/mol. The lowest BCUT2D eigenvalue weighted by molar-refractivity contribution is -0.141. The number of hydrogen-bond acceptors (Lipinski definition) is 2. The highest BCUT2D eigenvalue weighted by molar-refractivity contribution is 5.91. The van der Waals surface area contributed by atoms with Crippen molar-refractivity contribution < 1.29 is 22.4 Å². The first-order valence-corrected chi connectivity index (χ1v) is 5.89. The molecule has 2 rings (SSSR count). The third-order valence-electron chi connectivity index (χ3n) is 2.61. The van der Waals surface area contributed by atoms with Crippen molar-refractivity contribution in [2.75, 3.05) is 6.54 Å². The van der Waals surface area contributed by atoms with E-state index in [0.717, 1.165) is 0 Å². The second-order valence-electron chi connectivity index (χ2n) is 4.24. The standard InChI is InChI=1S/C14H12F3NO2/c15-14(16,17)10-18(9-11-5-2-1-3-6-11)13(19)12-7-4-8-20-12/h1-8H,9-10H2. The Morgan fingerprint density at radius 2 is 1.80 bits per heavy atom. The minimum Gasteiger partial charge on any atom is -0.459 e. The van der Waals surface area contributed by atoms with Crippen molar-refractivity contribution in [1.82, 2.24) is 4.90 Å². The lowest BCUT2D eigenvalue weighted by Crippen LogP contribution is -2.38. The van der Waals surface area contributed by atoms with Gasteiger partial charge in [0.05, 0.1) is 6.26 Å². The Balaban J connectivity index is 2.19. The van der Waals surface area contributed by atoms with Crippen LogP contribution in [-0.2, 0) is 6.54 Å². The molecule has 0 bridgehead atoms. The highest BCUT2D eigenvalue weighted by Crippen LogP contribution is 2.20. The smallest absolute Gasteiger partial charge is 0.406 e. The number of carbonyl (C=O) groups is 1. The molecule has 0 N–H and O–H groups in total. The topological polar surface area (TPSA) is 33.5 Å². The summed E-state index contributed by atoms with van der Waals surface area (Å²) in [6.45, 7) is -1.44. The molecule has 0 radical (unpaired) electrons. The van der Waals surface area contributed by atoms with Crippen LogP contribution in [0.5, 0.6) is 0 Å². The minimum atomic E-state index is -4.46. The number of furan rings is 1. The average molecular weight is 283 g/mol. The van der Waals surface area contributed by atoms with Gasteiger partial charge in [-0.05, 0) is 17.7 Å². The number of nitrogens with zero attached hydrogens (tertiary/aromatic N) is 1. The van der Waals surface area contributed by atoms with E-state index in [9.17, 15) is 18.0 Å². The molecule has 2 aromatic rings. The molecule has 0 spiro atoms. The van der Waals surface area contributed by atoms with E-state index in [2.05, 4.69) is 0 Å². The Kier molecular flexibility index (Phi) is 4.12. The summed E-state index contributed by atoms with van der Waals surface area (Å²) < 4.78 is 42.6. The molecule has 1 aromatic heterocycles. The van der Waals surface area contributed by atoms with E-state index >= 15 is 0 Å². The lowest BCUT2D eigenvalue weighted by atomic mass is 10.2. The number of alkyl halides is 3. The van der Waals surface area contributed by atoms with Crippen LogP contribution < -0.4 is 0 Å². The van der Waals surface area contributed by atoms with Crippen LogP contribution in [0.2, 0.25) is 0 Å². The Morgan fingerprint density at radius 1 is 1.10 bits per heavy atom. The molecule has 1 amide bonds. The van der Waals surface area contributed by atoms with Gasteiger partial charge in [-0.3, -0.25) is 4.79 Å². The maximum Gasteiger partial charge on any atom is 0.406 e. The molecule has 106 valence electrons. The Labute approximate surface area is 113 Å². The van der Waals surface area contributed by atoms with Gasteiger partial charge in [0, 0.05) is 6.54 Å². The molecule has 0 atom stereocenters. The van der Waals surface area contributed by atoms with Crippen LogP contribution in [0.1, 0.15) is 16.1 Å². The summed E-state index contributed by atoms with van der Waals surface area (Å²) in [5.74, 6) is -0.888. The number of benzene rings is 1. The normalized spacial score (nSPS) is 11.3. The zero-order valence-corrected chi connectivity index (χ0v) is 10.4. The van der Waals surface area contributed by atoms with Gasteiger partial charge in [-0.25, -0.2) is 0 Å². The van der Waals surface area contributed by atoms with E-state index in [4.69, 9.17) is 4.42 Å². The van der Waals surface area contributed by atoms with E-state index in [0.29, 0.717) is 10.5 Å². The molecule has 3 nitrogen and oxygen atoms in total. The summed E-state index contributed by atoms with van der Waals surface area (Å²) in [5, 5.41) is 0. The predicted octanol–water partition coefficient (Wildman–Crippen LogP) is 3.48. The molecule has 0 saturated carbocycles. The molecule has 0 unspecified atom stereocenters. The fraction of sp³-hybridized carbons (Fsp3) is 0.214. The second-order valence-corrected chi connectivity index (χ2v) is 4.24. The fourth-order valence-electron chi connectivity index (χ4n) is 1.78. The molecule has 1 aromatic carbocycles. The number of halogens is 3. The van der Waals surface area contributed by atoms with Crippen molar-refractivity contribution in [3.63, 3.8) is 0 Å². The summed E-state index contributed by atoms with van der Waals surface area (Å²) in [4.78, 5) is 12.7. The van der Waals surface area contributed by atoms with E-state index in [1.807, 2.05) is 0 Å². The van der Waals surface area contributed by atoms with Crippen molar-refractivity contribution in [2.24, 2.45) is 0 Å². The highest BCUT2D eigenvalue weighted by atomic mass is 19.4. The quantitative estimate of drug-likeness (QED) is 0.860. The van der Waals surface area contributed by atoms with Crippen LogP contribution >= 0.6 is 0 Å². The number of rotatable bonds is 4. The summed E-state index contributed by atoms with van der Waals surface area (Å²) in [6.07, 6.45) is -3.21. The van der Waals surface area contributed by atoms with E-state index < -0.39 is 18.6 Å². The SMILES string of the molecule is O=C(c1ccco1)N(Cc1ccccc1)CC(F)(F)F. The minimum absolute atomic E-state index is 0.106. The van der Waals surface area contributed by atoms with Crippen LogP contribution in [0.15, 0.2) is 53.1 Å². The van der Waals surface area contributed by atoms with Crippen molar-refractivity contribution in [3.8, 4) is 0 Å². The van der Waals surface area contributed by atoms with Gasteiger partial charge in [0.2, 0.25) is 0 Å². The molecule has 6 heteroatoms. The van der Waals surface area contributed by atoms with Gasteiger partial charge in [-0.2, -0.15) is 13.2 Å². The highest BCUT2D eigenvalue weighted by Gasteiger charge is 2.34. The van der Waals surface area contributed by atoms with Crippen LogP contribution in [0, 0.1) is 0 Å². The molecule has 0 aliphatic heterocycles. The lowest BCUT2D eigenvalue weighted by Gasteiger charge is -2.23. The van der Waals surface area contributed by atoms with Gasteiger partial charge >= 0.3 is 6.18 Å². The summed E-state index contributed by atoms with van der Waals surface area (Å²) in [6, 6.07) is 11.3. The van der Waals surface area contributed by atoms with Crippen LogP contribution in [0.4, 0.5) is 13.2 Å². The average Bonchev–Trinajstić information content (AvgIpc) is 2.90. The van der Waals surface area contributed by atoms with Gasteiger partial charge in [-0.15, -0.1) is 0 Å². The third-order valence-corrected chi connectivity index (χ3v) is 2.61. The zero-order chi connectivity index (χ0) is 14.6. The predicted molar refractivity (Wildman–Crippen MR) is 65.9 cm³/mol. The molecule has 0 aliphatic carbocycles. The fourth-order valence-corrected chi connectivity index (χ4v) is 1.78. The Hall–Kier alpha value is -2.24. The molecule has 0 fully saturated rings. The van der Waals surface area contributed by atoms with Crippen LogP contribution in [0.3, 0.4) is 0 Å². The molecule has 1 heterocycles. The van der Waals surface area contributed by atoms with E-state index in [1.165, 1.54) is 18.4 Å². The van der Waals surface area contributed by atoms with Crippen molar-refractivity contribution in [1.29, 1.82) is 0 Å². The Bertz CT molecular complexity index is 550. The molecular formula is C14H12F3NO2. The molecule has 0 aliphatic rings. The van der Waals surface area contributed by atoms with E-state index in [-0.39, 0.29) is 12.3 Å². The van der Waals surface area contributed by atoms with Crippen LogP contribution in [-0.4, -0.2) is 23.5 Å². The van der Waals surface area contributed by atoms with Crippen molar-refractivity contribution >= 4 is 5.91 Å². The largest absolute Gasteiger partial charge is 0.459 e. The zero-order valence-electron chi connectivity index (χ0n) is 10.4. The first-order chi connectivity index (χ1) is 9.46. The maximum atomic E-state index is 12.6. The summed E-state index contributed by atoms with van der Waals surface area (Å²) >= 11 is 0. The number of amides is 1.